The molecule has 2 aromatic rings. The summed E-state index contributed by atoms with van der Waals surface area (Å²) in [6.45, 7) is 4.33. The maximum atomic E-state index is 12.1. The zero-order valence-corrected chi connectivity index (χ0v) is 12.6. The number of alkyl halides is 3. The van der Waals surface area contributed by atoms with E-state index in [1.165, 1.54) is 11.3 Å². The van der Waals surface area contributed by atoms with E-state index in [4.69, 9.17) is 0 Å². The van der Waals surface area contributed by atoms with Gasteiger partial charge in [-0.2, -0.15) is 13.2 Å². The second kappa shape index (κ2) is 6.42. The quantitative estimate of drug-likeness (QED) is 0.861. The van der Waals surface area contributed by atoms with Crippen molar-refractivity contribution in [1.29, 1.82) is 0 Å². The molecule has 1 amide bonds. The molecule has 2 rings (SSSR count). The number of aromatic nitrogens is 1. The molecule has 0 unspecified atom stereocenters. The molecule has 0 saturated carbocycles. The lowest BCUT2D eigenvalue weighted by Crippen LogP contribution is -2.24. The fraction of sp³-hybridized carbons (Fsp3) is 0.438. The molecule has 22 heavy (non-hydrogen) atoms. The van der Waals surface area contributed by atoms with Gasteiger partial charge in [-0.1, -0.05) is 13.0 Å². The number of carbonyl (C=O) groups is 1. The molecule has 120 valence electrons. The monoisotopic (exact) mass is 312 g/mol. The van der Waals surface area contributed by atoms with Gasteiger partial charge in [0, 0.05) is 29.6 Å². The fourth-order valence-electron chi connectivity index (χ4n) is 2.44. The molecule has 6 heteroatoms. The molecule has 1 heterocycles. The van der Waals surface area contributed by atoms with Crippen molar-refractivity contribution in [2.45, 2.75) is 45.8 Å². The average Bonchev–Trinajstić information content (AvgIpc) is 2.78. The number of H-pyrrole nitrogens is 1. The summed E-state index contributed by atoms with van der Waals surface area (Å²) in [5.41, 5.74) is 4.24. The highest BCUT2D eigenvalue weighted by molar-refractivity contribution is 5.85. The van der Waals surface area contributed by atoms with Crippen molar-refractivity contribution in [2.24, 2.45) is 0 Å². The number of benzene rings is 1. The second-order valence-electron chi connectivity index (χ2n) is 5.35. The van der Waals surface area contributed by atoms with Gasteiger partial charge in [0.2, 0.25) is 5.91 Å². The third-order valence-corrected chi connectivity index (χ3v) is 3.70. The summed E-state index contributed by atoms with van der Waals surface area (Å²) in [6, 6.07) is 5.75. The summed E-state index contributed by atoms with van der Waals surface area (Å²) in [5.74, 6) is -0.586. The molecule has 0 bridgehead atoms. The van der Waals surface area contributed by atoms with E-state index < -0.39 is 24.9 Å². The molecule has 0 fully saturated rings. The molecule has 3 nitrogen and oxygen atoms in total. The molecular formula is C16H19F3N2O. The van der Waals surface area contributed by atoms with Crippen molar-refractivity contribution in [3.05, 3.63) is 35.0 Å². The molecule has 1 aromatic carbocycles. The van der Waals surface area contributed by atoms with E-state index in [0.717, 1.165) is 22.9 Å². The molecular weight excluding hydrogens is 293 g/mol. The van der Waals surface area contributed by atoms with Gasteiger partial charge in [0.1, 0.15) is 0 Å². The van der Waals surface area contributed by atoms with Crippen LogP contribution in [0.5, 0.6) is 0 Å². The Balaban J connectivity index is 2.00. The Hall–Kier alpha value is -1.98. The zero-order chi connectivity index (χ0) is 16.3. The van der Waals surface area contributed by atoms with E-state index in [1.807, 2.05) is 25.1 Å². The predicted octanol–water partition coefficient (Wildman–Crippen LogP) is 4.00. The van der Waals surface area contributed by atoms with Crippen LogP contribution in [0.1, 0.15) is 36.6 Å². The number of amides is 1. The first-order chi connectivity index (χ1) is 10.3. The summed E-state index contributed by atoms with van der Waals surface area (Å²) >= 11 is 0. The van der Waals surface area contributed by atoms with Gasteiger partial charge in [-0.05, 0) is 36.6 Å². The van der Waals surface area contributed by atoms with Crippen LogP contribution in [0.15, 0.2) is 18.2 Å². The van der Waals surface area contributed by atoms with Gasteiger partial charge in [-0.15, -0.1) is 0 Å². The SMILES string of the molecule is CCc1[nH]c2ccc(CNC(=O)CCC(F)(F)F)cc2c1C. The van der Waals surface area contributed by atoms with Crippen molar-refractivity contribution in [1.82, 2.24) is 10.3 Å². The summed E-state index contributed by atoms with van der Waals surface area (Å²) in [4.78, 5) is 14.8. The predicted molar refractivity (Wildman–Crippen MR) is 79.5 cm³/mol. The molecule has 0 aliphatic carbocycles. The van der Waals surface area contributed by atoms with Crippen molar-refractivity contribution < 1.29 is 18.0 Å². The Kier molecular flexibility index (Phi) is 4.78. The van der Waals surface area contributed by atoms with Gasteiger partial charge in [0.15, 0.2) is 0 Å². The first-order valence-corrected chi connectivity index (χ1v) is 7.23. The summed E-state index contributed by atoms with van der Waals surface area (Å²) in [6.07, 6.45) is -5.01. The minimum Gasteiger partial charge on any atom is -0.358 e. The second-order valence-corrected chi connectivity index (χ2v) is 5.35. The number of aryl methyl sites for hydroxylation is 2. The molecule has 0 atom stereocenters. The lowest BCUT2D eigenvalue weighted by molar-refractivity contribution is -0.144. The highest BCUT2D eigenvalue weighted by Gasteiger charge is 2.27. The van der Waals surface area contributed by atoms with Crippen LogP contribution in [0.3, 0.4) is 0 Å². The first-order valence-electron chi connectivity index (χ1n) is 7.23. The topological polar surface area (TPSA) is 44.9 Å². The summed E-state index contributed by atoms with van der Waals surface area (Å²) in [5, 5.41) is 3.61. The van der Waals surface area contributed by atoms with E-state index in [0.29, 0.717) is 0 Å². The van der Waals surface area contributed by atoms with Crippen LogP contribution in [0.2, 0.25) is 0 Å². The highest BCUT2D eigenvalue weighted by atomic mass is 19.4. The number of fused-ring (bicyclic) bond motifs is 1. The normalized spacial score (nSPS) is 11.9. The molecule has 0 spiro atoms. The molecule has 1 aromatic heterocycles. The Morgan fingerprint density at radius 3 is 2.68 bits per heavy atom. The number of aromatic amines is 1. The van der Waals surface area contributed by atoms with Crippen LogP contribution in [-0.4, -0.2) is 17.1 Å². The van der Waals surface area contributed by atoms with Gasteiger partial charge < -0.3 is 10.3 Å². The molecule has 0 saturated heterocycles. The number of rotatable bonds is 5. The maximum absolute atomic E-state index is 12.1. The lowest BCUT2D eigenvalue weighted by atomic mass is 10.1. The largest absolute Gasteiger partial charge is 0.389 e. The van der Waals surface area contributed by atoms with Crippen molar-refractivity contribution in [3.63, 3.8) is 0 Å². The standard InChI is InChI=1S/C16H19F3N2O/c1-3-13-10(2)12-8-11(4-5-14(12)21-13)9-20-15(22)6-7-16(17,18)19/h4-5,8,21H,3,6-7,9H2,1-2H3,(H,20,22). The Morgan fingerprint density at radius 1 is 1.32 bits per heavy atom. The van der Waals surface area contributed by atoms with E-state index in [9.17, 15) is 18.0 Å². The average molecular weight is 312 g/mol. The Bertz CT molecular complexity index is 674. The Morgan fingerprint density at radius 2 is 2.05 bits per heavy atom. The number of nitrogens with one attached hydrogen (secondary N) is 2. The minimum atomic E-state index is -4.30. The summed E-state index contributed by atoms with van der Waals surface area (Å²) < 4.78 is 36.2. The van der Waals surface area contributed by atoms with Gasteiger partial charge in [-0.3, -0.25) is 4.79 Å². The minimum absolute atomic E-state index is 0.235. The van der Waals surface area contributed by atoms with Crippen LogP contribution in [0.25, 0.3) is 10.9 Å². The molecule has 0 aliphatic heterocycles. The first kappa shape index (κ1) is 16.4. The van der Waals surface area contributed by atoms with E-state index in [1.54, 1.807) is 0 Å². The third kappa shape index (κ3) is 4.02. The number of carbonyl (C=O) groups excluding carboxylic acids is 1. The maximum Gasteiger partial charge on any atom is 0.389 e. The van der Waals surface area contributed by atoms with Crippen LogP contribution in [-0.2, 0) is 17.8 Å². The summed E-state index contributed by atoms with van der Waals surface area (Å²) in [7, 11) is 0. The molecule has 0 aliphatic rings. The fourth-order valence-corrected chi connectivity index (χ4v) is 2.44. The van der Waals surface area contributed by atoms with Crippen LogP contribution in [0, 0.1) is 6.92 Å². The van der Waals surface area contributed by atoms with Gasteiger partial charge in [0.05, 0.1) is 6.42 Å². The Labute approximate surface area is 126 Å². The van der Waals surface area contributed by atoms with Gasteiger partial charge in [0.25, 0.3) is 0 Å². The van der Waals surface area contributed by atoms with Crippen LogP contribution in [0.4, 0.5) is 13.2 Å². The van der Waals surface area contributed by atoms with Crippen molar-refractivity contribution in [3.8, 4) is 0 Å². The number of halogens is 3. The number of hydrogen-bond donors (Lipinski definition) is 2. The van der Waals surface area contributed by atoms with E-state index in [-0.39, 0.29) is 6.54 Å². The van der Waals surface area contributed by atoms with E-state index >= 15 is 0 Å². The van der Waals surface area contributed by atoms with E-state index in [2.05, 4.69) is 17.2 Å². The molecule has 2 N–H and O–H groups in total. The van der Waals surface area contributed by atoms with Crippen molar-refractivity contribution in [2.75, 3.05) is 0 Å². The molecule has 0 radical (unpaired) electrons. The van der Waals surface area contributed by atoms with Crippen LogP contribution < -0.4 is 5.32 Å². The van der Waals surface area contributed by atoms with Crippen LogP contribution >= 0.6 is 0 Å². The van der Waals surface area contributed by atoms with Gasteiger partial charge >= 0.3 is 6.18 Å². The lowest BCUT2D eigenvalue weighted by Gasteiger charge is -2.08. The van der Waals surface area contributed by atoms with Crippen molar-refractivity contribution >= 4 is 16.8 Å². The smallest absolute Gasteiger partial charge is 0.358 e. The highest BCUT2D eigenvalue weighted by Crippen LogP contribution is 2.23. The zero-order valence-electron chi connectivity index (χ0n) is 12.6. The number of hydrogen-bond acceptors (Lipinski definition) is 1. The third-order valence-electron chi connectivity index (χ3n) is 3.70. The van der Waals surface area contributed by atoms with Gasteiger partial charge in [-0.25, -0.2) is 0 Å².